The second kappa shape index (κ2) is 10.5. The van der Waals surface area contributed by atoms with E-state index in [1.807, 2.05) is 6.92 Å². The fourth-order valence-electron chi connectivity index (χ4n) is 3.96. The molecule has 0 bridgehead atoms. The molecule has 1 aliphatic heterocycles. The van der Waals surface area contributed by atoms with E-state index in [1.54, 1.807) is 41.3 Å². The van der Waals surface area contributed by atoms with Crippen LogP contribution in [0.4, 0.5) is 9.18 Å². The maximum absolute atomic E-state index is 13.8. The number of carbonyl (C=O) groups is 2. The number of hydrogen-bond donors (Lipinski definition) is 1. The molecule has 0 aliphatic carbocycles. The molecule has 1 aromatic heterocycles. The fourth-order valence-corrected chi connectivity index (χ4v) is 4.23. The highest BCUT2D eigenvalue weighted by Gasteiger charge is 2.31. The minimum absolute atomic E-state index is 0.0958. The summed E-state index contributed by atoms with van der Waals surface area (Å²) in [6, 6.07) is 11.2. The number of ether oxygens (including phenoxy) is 2. The average Bonchev–Trinajstić information content (AvgIpc) is 2.86. The molecule has 8 nitrogen and oxygen atoms in total. The van der Waals surface area contributed by atoms with E-state index < -0.39 is 18.1 Å². The van der Waals surface area contributed by atoms with E-state index >= 15 is 0 Å². The topological polar surface area (TPSA) is 98.0 Å². The van der Waals surface area contributed by atoms with Gasteiger partial charge < -0.3 is 20.1 Å². The van der Waals surface area contributed by atoms with Crippen molar-refractivity contribution in [3.05, 3.63) is 58.9 Å². The second-order valence-electron chi connectivity index (χ2n) is 8.20. The van der Waals surface area contributed by atoms with Gasteiger partial charge >= 0.3 is 6.09 Å². The predicted molar refractivity (Wildman–Crippen MR) is 131 cm³/mol. The van der Waals surface area contributed by atoms with Crippen molar-refractivity contribution in [3.63, 3.8) is 0 Å². The molecule has 2 aromatic carbocycles. The van der Waals surface area contributed by atoms with Gasteiger partial charge in [0.25, 0.3) is 5.91 Å². The van der Waals surface area contributed by atoms with Crippen LogP contribution in [0.2, 0.25) is 5.02 Å². The zero-order chi connectivity index (χ0) is 25.1. The third-order valence-corrected chi connectivity index (χ3v) is 6.14. The Morgan fingerprint density at radius 2 is 2.00 bits per heavy atom. The molecular formula is C25H26ClFN4O4. The lowest BCUT2D eigenvalue weighted by Gasteiger charge is -2.38. The van der Waals surface area contributed by atoms with Gasteiger partial charge in [0.15, 0.2) is 11.6 Å². The number of aromatic nitrogens is 1. The molecular weight excluding hydrogens is 475 g/mol. The van der Waals surface area contributed by atoms with Crippen LogP contribution < -0.4 is 10.5 Å². The van der Waals surface area contributed by atoms with Gasteiger partial charge in [-0.05, 0) is 42.8 Å². The van der Waals surface area contributed by atoms with Crippen molar-refractivity contribution >= 4 is 34.5 Å². The molecule has 4 rings (SSSR count). The third kappa shape index (κ3) is 5.16. The van der Waals surface area contributed by atoms with Crippen LogP contribution in [0.25, 0.3) is 22.2 Å². The Kier molecular flexibility index (Phi) is 7.37. The molecule has 35 heavy (non-hydrogen) atoms. The van der Waals surface area contributed by atoms with Crippen LogP contribution in [0.5, 0.6) is 5.75 Å². The molecule has 0 radical (unpaired) electrons. The van der Waals surface area contributed by atoms with Crippen molar-refractivity contribution < 1.29 is 23.5 Å². The molecule has 0 spiro atoms. The smallest absolute Gasteiger partial charge is 0.411 e. The van der Waals surface area contributed by atoms with Gasteiger partial charge in [-0.25, -0.2) is 14.2 Å². The average molecular weight is 501 g/mol. The van der Waals surface area contributed by atoms with Crippen LogP contribution >= 0.6 is 11.6 Å². The number of fused-ring (bicyclic) bond motifs is 1. The first-order valence-electron chi connectivity index (χ1n) is 11.2. The van der Waals surface area contributed by atoms with Gasteiger partial charge in [-0.3, -0.25) is 9.69 Å². The van der Waals surface area contributed by atoms with Gasteiger partial charge in [0.05, 0.1) is 36.5 Å². The summed E-state index contributed by atoms with van der Waals surface area (Å²) in [4.78, 5) is 33.1. The van der Waals surface area contributed by atoms with Crippen LogP contribution in [0.15, 0.2) is 42.5 Å². The Balaban J connectivity index is 1.57. The summed E-state index contributed by atoms with van der Waals surface area (Å²) in [6.45, 7) is 3.03. The second-order valence-corrected chi connectivity index (χ2v) is 8.60. The summed E-state index contributed by atoms with van der Waals surface area (Å²) in [6.07, 6.45) is -0.415. The molecule has 184 valence electrons. The van der Waals surface area contributed by atoms with Crippen LogP contribution in [0.3, 0.4) is 0 Å². The highest BCUT2D eigenvalue weighted by Crippen LogP contribution is 2.31. The Morgan fingerprint density at radius 1 is 1.20 bits per heavy atom. The van der Waals surface area contributed by atoms with E-state index in [9.17, 15) is 14.0 Å². The monoisotopic (exact) mass is 500 g/mol. The van der Waals surface area contributed by atoms with E-state index in [1.165, 1.54) is 18.1 Å². The Morgan fingerprint density at radius 3 is 2.71 bits per heavy atom. The molecule has 0 saturated carbocycles. The summed E-state index contributed by atoms with van der Waals surface area (Å²) in [7, 11) is 1.39. The summed E-state index contributed by atoms with van der Waals surface area (Å²) >= 11 is 6.49. The lowest BCUT2D eigenvalue weighted by Crippen LogP contribution is -2.60. The molecule has 1 saturated heterocycles. The first kappa shape index (κ1) is 24.7. The number of nitrogens with two attached hydrogens (primary N) is 1. The van der Waals surface area contributed by atoms with Gasteiger partial charge in [-0.15, -0.1) is 0 Å². The number of amides is 2. The van der Waals surface area contributed by atoms with Crippen molar-refractivity contribution in [2.45, 2.75) is 19.5 Å². The third-order valence-electron chi connectivity index (χ3n) is 5.82. The normalized spacial score (nSPS) is 15.9. The highest BCUT2D eigenvalue weighted by molar-refractivity contribution is 6.35. The number of rotatable bonds is 5. The number of benzene rings is 2. The number of methoxy groups -OCH3 is 1. The molecule has 2 N–H and O–H groups in total. The van der Waals surface area contributed by atoms with E-state index in [4.69, 9.17) is 26.8 Å². The SMILES string of the molecule is CCCOC(=O)N1CCN(C(=O)c2ccc3c(Cl)cc(-c4ccc(F)c(OC)c4)nc3c2)C[C@H]1N. The van der Waals surface area contributed by atoms with Crippen LogP contribution in [-0.2, 0) is 4.74 Å². The van der Waals surface area contributed by atoms with Crippen molar-refractivity contribution in [1.82, 2.24) is 14.8 Å². The largest absolute Gasteiger partial charge is 0.494 e. The quantitative estimate of drug-likeness (QED) is 0.561. The molecule has 1 fully saturated rings. The molecule has 1 aliphatic rings. The molecule has 3 aromatic rings. The number of hydrogen-bond acceptors (Lipinski definition) is 6. The number of piperazine rings is 1. The van der Waals surface area contributed by atoms with Crippen molar-refractivity contribution in [2.75, 3.05) is 33.4 Å². The lowest BCUT2D eigenvalue weighted by molar-refractivity contribution is 0.0390. The van der Waals surface area contributed by atoms with Crippen LogP contribution in [0, 0.1) is 5.82 Å². The van der Waals surface area contributed by atoms with Crippen molar-refractivity contribution in [1.29, 1.82) is 0 Å². The van der Waals surface area contributed by atoms with Gasteiger partial charge in [0.2, 0.25) is 0 Å². The molecule has 2 heterocycles. The number of nitrogens with zero attached hydrogens (tertiary/aromatic N) is 3. The summed E-state index contributed by atoms with van der Waals surface area (Å²) < 4.78 is 24.1. The first-order chi connectivity index (χ1) is 16.8. The summed E-state index contributed by atoms with van der Waals surface area (Å²) in [5.74, 6) is -0.609. The fraction of sp³-hybridized carbons (Fsp3) is 0.320. The minimum Gasteiger partial charge on any atom is -0.494 e. The molecule has 1 atom stereocenters. The molecule has 2 amide bonds. The Hall–Kier alpha value is -3.43. The molecule has 0 unspecified atom stereocenters. The van der Waals surface area contributed by atoms with Gasteiger partial charge in [0.1, 0.15) is 6.17 Å². The molecule has 10 heteroatoms. The van der Waals surface area contributed by atoms with Crippen molar-refractivity contribution in [3.8, 4) is 17.0 Å². The summed E-state index contributed by atoms with van der Waals surface area (Å²) in [5.41, 5.74) is 8.24. The maximum atomic E-state index is 13.8. The van der Waals surface area contributed by atoms with E-state index in [0.29, 0.717) is 45.9 Å². The van der Waals surface area contributed by atoms with Gasteiger partial charge in [0, 0.05) is 29.6 Å². The van der Waals surface area contributed by atoms with Gasteiger partial charge in [-0.2, -0.15) is 0 Å². The van der Waals surface area contributed by atoms with E-state index in [-0.39, 0.29) is 24.7 Å². The van der Waals surface area contributed by atoms with E-state index in [0.717, 1.165) is 6.42 Å². The maximum Gasteiger partial charge on any atom is 0.411 e. The number of carbonyl (C=O) groups excluding carboxylic acids is 2. The highest BCUT2D eigenvalue weighted by atomic mass is 35.5. The zero-order valence-corrected chi connectivity index (χ0v) is 20.2. The van der Waals surface area contributed by atoms with Crippen LogP contribution in [0.1, 0.15) is 23.7 Å². The van der Waals surface area contributed by atoms with Gasteiger partial charge in [-0.1, -0.05) is 24.6 Å². The van der Waals surface area contributed by atoms with Crippen LogP contribution in [-0.4, -0.2) is 66.3 Å². The number of pyridine rings is 1. The minimum atomic E-state index is -0.662. The number of halogens is 2. The lowest BCUT2D eigenvalue weighted by atomic mass is 10.1. The predicted octanol–water partition coefficient (Wildman–Crippen LogP) is 4.29. The standard InChI is InChI=1S/C25H26ClFN4O4/c1-3-10-35-25(33)31-9-8-30(14-23(31)28)24(32)16-4-6-17-18(26)13-20(29-21(17)11-16)15-5-7-19(27)22(12-15)34-2/h4-7,11-13,23H,3,8-10,14,28H2,1-2H3/t23-/m0/s1. The zero-order valence-electron chi connectivity index (χ0n) is 19.5. The van der Waals surface area contributed by atoms with Crippen molar-refractivity contribution in [2.24, 2.45) is 5.73 Å². The summed E-state index contributed by atoms with van der Waals surface area (Å²) in [5, 5.41) is 1.13. The van der Waals surface area contributed by atoms with E-state index in [2.05, 4.69) is 4.98 Å². The Bertz CT molecular complexity index is 1270. The Labute approximate surface area is 207 Å². The first-order valence-corrected chi connectivity index (χ1v) is 11.6.